The van der Waals surface area contributed by atoms with Crippen LogP contribution >= 0.6 is 0 Å². The number of amides is 2. The smallest absolute Gasteiger partial charge is 0.317 e. The fraction of sp³-hybridized carbons (Fsp3) is 0.933. The summed E-state index contributed by atoms with van der Waals surface area (Å²) in [4.78, 5) is 18.6. The number of nitrogens with zero attached hydrogens (tertiary/aromatic N) is 3. The van der Waals surface area contributed by atoms with Crippen LogP contribution in [0.5, 0.6) is 0 Å². The van der Waals surface area contributed by atoms with E-state index < -0.39 is 0 Å². The zero-order chi connectivity index (χ0) is 15.0. The first kappa shape index (κ1) is 17.2. The van der Waals surface area contributed by atoms with Crippen LogP contribution in [0.2, 0.25) is 0 Å². The standard InChI is InChI=1S/C15H32N4O/c1-14(2)6-7-16-15(20)19-12-10-18(11-13-19)9-5-8-17(3)4/h14H,5-13H2,1-4H3,(H,16,20). The third kappa shape index (κ3) is 7.10. The first-order valence-electron chi connectivity index (χ1n) is 7.89. The molecule has 0 aromatic rings. The molecule has 1 aliphatic heterocycles. The highest BCUT2D eigenvalue weighted by molar-refractivity contribution is 5.74. The molecule has 0 spiro atoms. The first-order chi connectivity index (χ1) is 9.49. The van der Waals surface area contributed by atoms with E-state index in [1.807, 2.05) is 4.90 Å². The molecule has 20 heavy (non-hydrogen) atoms. The van der Waals surface area contributed by atoms with Gasteiger partial charge in [-0.15, -0.1) is 0 Å². The highest BCUT2D eigenvalue weighted by atomic mass is 16.2. The number of urea groups is 1. The summed E-state index contributed by atoms with van der Waals surface area (Å²) >= 11 is 0. The second kappa shape index (κ2) is 9.19. The van der Waals surface area contributed by atoms with Crippen LogP contribution in [-0.4, -0.2) is 80.6 Å². The predicted octanol–water partition coefficient (Wildman–Crippen LogP) is 1.31. The first-order valence-corrected chi connectivity index (χ1v) is 7.89. The van der Waals surface area contributed by atoms with Crippen molar-refractivity contribution in [2.24, 2.45) is 5.92 Å². The van der Waals surface area contributed by atoms with Crippen molar-refractivity contribution in [2.45, 2.75) is 26.7 Å². The van der Waals surface area contributed by atoms with Gasteiger partial charge in [-0.2, -0.15) is 0 Å². The normalized spacial score (nSPS) is 17.0. The minimum Gasteiger partial charge on any atom is -0.338 e. The van der Waals surface area contributed by atoms with Crippen molar-refractivity contribution in [3.8, 4) is 0 Å². The van der Waals surface area contributed by atoms with Gasteiger partial charge < -0.3 is 15.1 Å². The Morgan fingerprint density at radius 3 is 2.40 bits per heavy atom. The molecule has 0 saturated carbocycles. The lowest BCUT2D eigenvalue weighted by Gasteiger charge is -2.34. The molecule has 0 aromatic heterocycles. The largest absolute Gasteiger partial charge is 0.338 e. The molecule has 1 saturated heterocycles. The lowest BCUT2D eigenvalue weighted by molar-refractivity contribution is 0.136. The van der Waals surface area contributed by atoms with E-state index in [0.29, 0.717) is 5.92 Å². The lowest BCUT2D eigenvalue weighted by Crippen LogP contribution is -2.52. The number of carbonyl (C=O) groups is 1. The van der Waals surface area contributed by atoms with Crippen LogP contribution in [-0.2, 0) is 0 Å². The van der Waals surface area contributed by atoms with E-state index in [9.17, 15) is 4.79 Å². The van der Waals surface area contributed by atoms with Gasteiger partial charge >= 0.3 is 6.03 Å². The molecule has 0 aliphatic carbocycles. The maximum absolute atomic E-state index is 12.0. The second-order valence-corrected chi connectivity index (χ2v) is 6.40. The maximum Gasteiger partial charge on any atom is 0.317 e. The Hall–Kier alpha value is -0.810. The van der Waals surface area contributed by atoms with Crippen LogP contribution < -0.4 is 5.32 Å². The van der Waals surface area contributed by atoms with E-state index in [0.717, 1.165) is 52.2 Å². The Bertz CT molecular complexity index is 273. The van der Waals surface area contributed by atoms with Crippen LogP contribution in [0.15, 0.2) is 0 Å². The van der Waals surface area contributed by atoms with Gasteiger partial charge in [0.15, 0.2) is 0 Å². The summed E-state index contributed by atoms with van der Waals surface area (Å²) in [6, 6.07) is 0.110. The number of piperazine rings is 1. The average Bonchev–Trinajstić information content (AvgIpc) is 2.38. The molecule has 1 fully saturated rings. The van der Waals surface area contributed by atoms with Gasteiger partial charge in [0, 0.05) is 32.7 Å². The highest BCUT2D eigenvalue weighted by Crippen LogP contribution is 2.04. The van der Waals surface area contributed by atoms with E-state index in [-0.39, 0.29) is 6.03 Å². The summed E-state index contributed by atoms with van der Waals surface area (Å²) in [6.45, 7) is 11.1. The SMILES string of the molecule is CC(C)CCNC(=O)N1CCN(CCCN(C)C)CC1. The molecule has 0 unspecified atom stereocenters. The van der Waals surface area contributed by atoms with Gasteiger partial charge in [0.2, 0.25) is 0 Å². The molecule has 2 amide bonds. The van der Waals surface area contributed by atoms with Gasteiger partial charge in [0.05, 0.1) is 0 Å². The van der Waals surface area contributed by atoms with Crippen LogP contribution in [0.25, 0.3) is 0 Å². The van der Waals surface area contributed by atoms with Crippen molar-refractivity contribution >= 4 is 6.03 Å². The zero-order valence-corrected chi connectivity index (χ0v) is 13.7. The van der Waals surface area contributed by atoms with Crippen LogP contribution in [0.4, 0.5) is 4.79 Å². The van der Waals surface area contributed by atoms with Gasteiger partial charge in [-0.3, -0.25) is 4.90 Å². The summed E-state index contributed by atoms with van der Waals surface area (Å²) < 4.78 is 0. The maximum atomic E-state index is 12.0. The number of hydrogen-bond acceptors (Lipinski definition) is 3. The predicted molar refractivity (Wildman–Crippen MR) is 84.0 cm³/mol. The second-order valence-electron chi connectivity index (χ2n) is 6.40. The van der Waals surface area contributed by atoms with Gasteiger partial charge in [-0.25, -0.2) is 4.79 Å². The summed E-state index contributed by atoms with van der Waals surface area (Å²) in [7, 11) is 4.22. The molecule has 0 atom stereocenters. The summed E-state index contributed by atoms with van der Waals surface area (Å²) in [6.07, 6.45) is 2.25. The molecule has 5 heteroatoms. The molecular formula is C15H32N4O. The van der Waals surface area contributed by atoms with Crippen molar-refractivity contribution < 1.29 is 4.79 Å². The fourth-order valence-electron chi connectivity index (χ4n) is 2.36. The number of rotatable bonds is 7. The third-order valence-electron chi connectivity index (χ3n) is 3.74. The fourth-order valence-corrected chi connectivity index (χ4v) is 2.36. The van der Waals surface area contributed by atoms with Crippen molar-refractivity contribution in [1.29, 1.82) is 0 Å². The molecule has 5 nitrogen and oxygen atoms in total. The molecule has 1 rings (SSSR count). The quantitative estimate of drug-likeness (QED) is 0.766. The monoisotopic (exact) mass is 284 g/mol. The number of hydrogen-bond donors (Lipinski definition) is 1. The number of nitrogens with one attached hydrogen (secondary N) is 1. The van der Waals surface area contributed by atoms with Crippen molar-refractivity contribution in [3.05, 3.63) is 0 Å². The van der Waals surface area contributed by atoms with Crippen molar-refractivity contribution in [1.82, 2.24) is 20.0 Å². The van der Waals surface area contributed by atoms with Gasteiger partial charge in [0.25, 0.3) is 0 Å². The van der Waals surface area contributed by atoms with Crippen LogP contribution in [0.1, 0.15) is 26.7 Å². The Labute approximate surface area is 124 Å². The molecule has 0 aromatic carbocycles. The minimum atomic E-state index is 0.110. The Kier molecular flexibility index (Phi) is 7.92. The van der Waals surface area contributed by atoms with E-state index in [1.54, 1.807) is 0 Å². The molecule has 0 bridgehead atoms. The van der Waals surface area contributed by atoms with Gasteiger partial charge in [-0.05, 0) is 45.9 Å². The Morgan fingerprint density at radius 2 is 1.85 bits per heavy atom. The van der Waals surface area contributed by atoms with E-state index in [1.165, 1.54) is 6.42 Å². The van der Waals surface area contributed by atoms with Gasteiger partial charge in [-0.1, -0.05) is 13.8 Å². The van der Waals surface area contributed by atoms with Crippen molar-refractivity contribution in [3.63, 3.8) is 0 Å². The summed E-state index contributed by atoms with van der Waals surface area (Å²) in [5.41, 5.74) is 0. The van der Waals surface area contributed by atoms with Crippen molar-refractivity contribution in [2.75, 3.05) is 59.9 Å². The molecule has 1 aliphatic rings. The summed E-state index contributed by atoms with van der Waals surface area (Å²) in [5.74, 6) is 0.642. The van der Waals surface area contributed by atoms with Crippen LogP contribution in [0.3, 0.4) is 0 Å². The summed E-state index contributed by atoms with van der Waals surface area (Å²) in [5, 5.41) is 3.02. The molecule has 1 N–H and O–H groups in total. The van der Waals surface area contributed by atoms with Crippen LogP contribution in [0, 0.1) is 5.92 Å². The topological polar surface area (TPSA) is 38.8 Å². The zero-order valence-electron chi connectivity index (χ0n) is 13.7. The van der Waals surface area contributed by atoms with E-state index >= 15 is 0 Å². The van der Waals surface area contributed by atoms with E-state index in [2.05, 4.69) is 43.1 Å². The molecule has 118 valence electrons. The van der Waals surface area contributed by atoms with Gasteiger partial charge in [0.1, 0.15) is 0 Å². The van der Waals surface area contributed by atoms with E-state index in [4.69, 9.17) is 0 Å². The Balaban J connectivity index is 2.13. The molecule has 1 heterocycles. The Morgan fingerprint density at radius 1 is 1.20 bits per heavy atom. The third-order valence-corrected chi connectivity index (χ3v) is 3.74. The minimum absolute atomic E-state index is 0.110. The highest BCUT2D eigenvalue weighted by Gasteiger charge is 2.20. The lowest BCUT2D eigenvalue weighted by atomic mass is 10.1. The average molecular weight is 284 g/mol. The number of carbonyl (C=O) groups excluding carboxylic acids is 1. The molecular weight excluding hydrogens is 252 g/mol. The molecule has 0 radical (unpaired) electrons.